The number of esters is 1. The number of nitrogen functional groups attached to an aromatic ring is 1. The summed E-state index contributed by atoms with van der Waals surface area (Å²) in [5, 5.41) is 11.5. The fourth-order valence-electron chi connectivity index (χ4n) is 3.23. The summed E-state index contributed by atoms with van der Waals surface area (Å²) in [5.74, 6) is -0.117. The second-order valence-corrected chi connectivity index (χ2v) is 8.97. The van der Waals surface area contributed by atoms with Crippen molar-refractivity contribution in [3.63, 3.8) is 0 Å². The molecular formula is C14H20BN4O7P. The van der Waals surface area contributed by atoms with Gasteiger partial charge in [-0.1, -0.05) is 0 Å². The van der Waals surface area contributed by atoms with Crippen LogP contribution in [0.2, 0.25) is 0 Å². The van der Waals surface area contributed by atoms with E-state index in [1.165, 1.54) is 13.3 Å². The van der Waals surface area contributed by atoms with Crippen LogP contribution in [0.1, 0.15) is 13.2 Å². The van der Waals surface area contributed by atoms with E-state index in [0.29, 0.717) is 16.9 Å². The van der Waals surface area contributed by atoms with Gasteiger partial charge in [-0.3, -0.25) is 0 Å². The zero-order valence-corrected chi connectivity index (χ0v) is 15.8. The van der Waals surface area contributed by atoms with Crippen LogP contribution < -0.4 is 5.73 Å². The second kappa shape index (κ2) is 6.97. The molecule has 0 aliphatic carbocycles. The first-order valence-corrected chi connectivity index (χ1v) is 10.6. The van der Waals surface area contributed by atoms with E-state index in [2.05, 4.69) is 9.97 Å². The molecule has 0 saturated carbocycles. The predicted octanol–water partition coefficient (Wildman–Crippen LogP) is -0.733. The van der Waals surface area contributed by atoms with Crippen molar-refractivity contribution < 1.29 is 32.9 Å². The molecule has 27 heavy (non-hydrogen) atoms. The van der Waals surface area contributed by atoms with Crippen molar-refractivity contribution in [2.75, 3.05) is 19.1 Å². The quantitative estimate of drug-likeness (QED) is 0.293. The summed E-state index contributed by atoms with van der Waals surface area (Å²) in [4.78, 5) is 19.1. The van der Waals surface area contributed by atoms with Gasteiger partial charge in [-0.2, -0.15) is 0 Å². The van der Waals surface area contributed by atoms with Crippen molar-refractivity contribution in [1.29, 1.82) is 0 Å². The fraction of sp³-hybridized carbons (Fsp3) is 0.500. The molecule has 3 N–H and O–H groups in total. The topological polar surface area (TPSA) is 140 Å². The molecule has 2 saturated heterocycles. The summed E-state index contributed by atoms with van der Waals surface area (Å²) in [6.07, 6.45) is 0.272. The number of carbonyl (C=O) groups is 1. The van der Waals surface area contributed by atoms with E-state index >= 15 is 0 Å². The van der Waals surface area contributed by atoms with Crippen molar-refractivity contribution in [2.45, 2.75) is 31.5 Å². The van der Waals surface area contributed by atoms with E-state index < -0.39 is 38.3 Å². The van der Waals surface area contributed by atoms with Crippen LogP contribution in [0, 0.1) is 0 Å². The average Bonchev–Trinajstić information content (AvgIpc) is 3.17. The van der Waals surface area contributed by atoms with Gasteiger partial charge in [0.2, 0.25) is 0 Å². The Morgan fingerprint density at radius 3 is 3.15 bits per heavy atom. The molecule has 2 aliphatic rings. The Morgan fingerprint density at radius 2 is 2.37 bits per heavy atom. The van der Waals surface area contributed by atoms with Gasteiger partial charge in [0.1, 0.15) is 0 Å². The number of aliphatic hydroxyl groups is 1. The van der Waals surface area contributed by atoms with Crippen LogP contribution in [0.5, 0.6) is 0 Å². The maximum absolute atomic E-state index is 10.9. The number of aromatic nitrogens is 3. The molecular weight excluding hydrogens is 378 g/mol. The van der Waals surface area contributed by atoms with E-state index in [9.17, 15) is 9.90 Å². The van der Waals surface area contributed by atoms with Crippen LogP contribution in [0.15, 0.2) is 18.6 Å². The molecule has 3 unspecified atom stereocenters. The first-order valence-electron chi connectivity index (χ1n) is 8.37. The predicted molar refractivity (Wildman–Crippen MR) is 97.3 cm³/mol. The zero-order chi connectivity index (χ0) is 19.2. The molecule has 0 aromatic carbocycles. The van der Waals surface area contributed by atoms with Gasteiger partial charge in [0, 0.05) is 0 Å². The number of hydrogen-bond donors (Lipinski definition) is 2. The van der Waals surface area contributed by atoms with Gasteiger partial charge in [-0.25, -0.2) is 0 Å². The molecule has 0 radical (unpaired) electrons. The van der Waals surface area contributed by atoms with Crippen molar-refractivity contribution in [3.8, 4) is 0 Å². The van der Waals surface area contributed by atoms with Gasteiger partial charge < -0.3 is 0 Å². The molecule has 11 nitrogen and oxygen atoms in total. The summed E-state index contributed by atoms with van der Waals surface area (Å²) in [6.45, 7) is 1.20. The summed E-state index contributed by atoms with van der Waals surface area (Å²) < 4.78 is 29.5. The molecule has 146 valence electrons. The standard InChI is InChI=1S/C14H20BN4O7P/c1-7(20)22-6-24-27(15)23-4-9-11(26-27)10(21)14(25-9)19-3-2-8-12(16)17-5-18-13(8)19/h2-3,5,9-11,14,21,27H,4,6,15H2,1H3,(H2,16,17,18)/t9?,10?,11-,14?/m1/s1. The molecule has 0 bridgehead atoms. The minimum atomic E-state index is -3.08. The van der Waals surface area contributed by atoms with E-state index in [1.807, 2.05) is 0 Å². The molecule has 2 aliphatic heterocycles. The average molecular weight is 398 g/mol. The van der Waals surface area contributed by atoms with Gasteiger partial charge in [-0.15, -0.1) is 0 Å². The van der Waals surface area contributed by atoms with Crippen LogP contribution in [-0.2, 0) is 27.8 Å². The molecule has 2 aromatic heterocycles. The summed E-state index contributed by atoms with van der Waals surface area (Å²) in [5.41, 5.74) is 6.42. The van der Waals surface area contributed by atoms with Gasteiger partial charge in [0.05, 0.1) is 0 Å². The zero-order valence-electron chi connectivity index (χ0n) is 14.8. The Kier molecular flexibility index (Phi) is 4.79. The normalized spacial score (nSPS) is 30.7. The van der Waals surface area contributed by atoms with Gasteiger partial charge >= 0.3 is 155 Å². The Balaban J connectivity index is 1.52. The molecule has 4 atom stereocenters. The minimum absolute atomic E-state index is 0.192. The van der Waals surface area contributed by atoms with Gasteiger partial charge in [0.25, 0.3) is 0 Å². The molecule has 2 aromatic rings. The van der Waals surface area contributed by atoms with Crippen molar-refractivity contribution >= 4 is 38.2 Å². The number of ether oxygens (including phenoxy) is 2. The number of fused-ring (bicyclic) bond motifs is 2. The van der Waals surface area contributed by atoms with Crippen LogP contribution in [0.4, 0.5) is 5.82 Å². The second-order valence-electron chi connectivity index (χ2n) is 6.43. The van der Waals surface area contributed by atoms with Crippen molar-refractivity contribution in [3.05, 3.63) is 18.6 Å². The Hall–Kier alpha value is -1.82. The summed E-state index contributed by atoms with van der Waals surface area (Å²) >= 11 is 0. The van der Waals surface area contributed by atoms with E-state index in [4.69, 9.17) is 28.8 Å². The number of nitrogens with zero attached hydrogens (tertiary/aromatic N) is 3. The third-order valence-electron chi connectivity index (χ3n) is 4.57. The molecule has 0 spiro atoms. The molecule has 13 heteroatoms. The van der Waals surface area contributed by atoms with Crippen LogP contribution in [0.3, 0.4) is 0 Å². The van der Waals surface area contributed by atoms with Gasteiger partial charge in [-0.05, 0) is 0 Å². The maximum atomic E-state index is 10.9. The number of hydrogen-bond acceptors (Lipinski definition) is 10. The van der Waals surface area contributed by atoms with E-state index in [0.717, 1.165) is 0 Å². The molecule has 4 rings (SSSR count). The molecule has 4 heterocycles. The van der Waals surface area contributed by atoms with Gasteiger partial charge in [0.15, 0.2) is 0 Å². The van der Waals surface area contributed by atoms with Crippen LogP contribution >= 0.6 is 7.82 Å². The fourth-order valence-corrected chi connectivity index (χ4v) is 4.98. The van der Waals surface area contributed by atoms with Crippen molar-refractivity contribution in [2.24, 2.45) is 0 Å². The third kappa shape index (κ3) is 3.40. The Morgan fingerprint density at radius 1 is 1.56 bits per heavy atom. The number of nitrogens with two attached hydrogens (primary N) is 1. The van der Waals surface area contributed by atoms with E-state index in [1.54, 1.807) is 24.4 Å². The number of rotatable bonds is 4. The SMILES string of the molecule is B[PH]1(OCOC(C)=O)OCC2OC(n3ccc4c(N)ncnc43)C(O)[C@@H]2O1. The molecule has 2 fully saturated rings. The Labute approximate surface area is 155 Å². The Bertz CT molecular complexity index is 869. The van der Waals surface area contributed by atoms with Crippen molar-refractivity contribution in [1.82, 2.24) is 14.5 Å². The first kappa shape index (κ1) is 18.5. The molecule has 0 amide bonds. The van der Waals surface area contributed by atoms with Crippen LogP contribution in [-0.4, -0.2) is 64.9 Å². The number of anilines is 1. The number of aliphatic hydroxyl groups excluding tert-OH is 1. The monoisotopic (exact) mass is 398 g/mol. The summed E-state index contributed by atoms with van der Waals surface area (Å²) in [6, 6.07) is 1.77. The third-order valence-corrected chi connectivity index (χ3v) is 6.60. The van der Waals surface area contributed by atoms with E-state index in [-0.39, 0.29) is 13.4 Å². The first-order chi connectivity index (χ1) is 12.9. The van der Waals surface area contributed by atoms with Crippen LogP contribution in [0.25, 0.3) is 11.0 Å². The summed E-state index contributed by atoms with van der Waals surface area (Å²) in [7, 11) is -1.41. The number of carbonyl (C=O) groups excluding carboxylic acids is 1.